The van der Waals surface area contributed by atoms with Crippen LogP contribution in [-0.4, -0.2) is 60.2 Å². The Morgan fingerprint density at radius 1 is 1.04 bits per heavy atom. The lowest BCUT2D eigenvalue weighted by Gasteiger charge is -2.36. The summed E-state index contributed by atoms with van der Waals surface area (Å²) in [5.74, 6) is -0.571. The van der Waals surface area contributed by atoms with Gasteiger partial charge in [-0.25, -0.2) is 0 Å². The lowest BCUT2D eigenvalue weighted by Crippen LogP contribution is -2.52. The quantitative estimate of drug-likeness (QED) is 0.724. The van der Waals surface area contributed by atoms with Crippen molar-refractivity contribution >= 4 is 35.0 Å². The van der Waals surface area contributed by atoms with Crippen molar-refractivity contribution in [1.29, 1.82) is 0 Å². The van der Waals surface area contributed by atoms with Gasteiger partial charge in [0.05, 0.1) is 5.41 Å². The molecule has 0 N–H and O–H groups in total. The lowest BCUT2D eigenvalue weighted by molar-refractivity contribution is -0.147. The van der Waals surface area contributed by atoms with Crippen LogP contribution in [0.5, 0.6) is 0 Å². The van der Waals surface area contributed by atoms with E-state index in [1.165, 1.54) is 4.90 Å². The molecule has 0 aromatic heterocycles. The molecule has 2 saturated heterocycles. The highest BCUT2D eigenvalue weighted by atomic mass is 35.5. The Morgan fingerprint density at radius 3 is 2.15 bits per heavy atom. The van der Waals surface area contributed by atoms with Crippen LogP contribution in [0.1, 0.15) is 33.1 Å². The van der Waals surface area contributed by atoms with E-state index in [2.05, 4.69) is 4.90 Å². The summed E-state index contributed by atoms with van der Waals surface area (Å²) in [5, 5.41) is 0.697. The Labute approximate surface area is 165 Å². The Bertz CT molecular complexity index is 722. The van der Waals surface area contributed by atoms with Crippen molar-refractivity contribution < 1.29 is 14.4 Å². The fraction of sp³-hybridized carbons (Fsp3) is 0.550. The van der Waals surface area contributed by atoms with Crippen LogP contribution in [0.2, 0.25) is 5.02 Å². The number of amides is 3. The molecule has 1 aromatic rings. The van der Waals surface area contributed by atoms with Crippen LogP contribution in [0.3, 0.4) is 0 Å². The average Bonchev–Trinajstić information content (AvgIpc) is 2.93. The molecular formula is C20H26ClN3O3. The van der Waals surface area contributed by atoms with Gasteiger partial charge in [0.15, 0.2) is 0 Å². The first-order valence-electron chi connectivity index (χ1n) is 9.53. The van der Waals surface area contributed by atoms with Crippen LogP contribution in [0, 0.1) is 5.41 Å². The van der Waals surface area contributed by atoms with Crippen molar-refractivity contribution in [3.05, 3.63) is 29.3 Å². The SMILES string of the molecule is CCC1(CC)CC(=O)N(CC(=O)N2CCN(c3ccc(Cl)cc3)CC2)C1=O. The highest BCUT2D eigenvalue weighted by Crippen LogP contribution is 2.39. The molecule has 6 nitrogen and oxygen atoms in total. The first kappa shape index (κ1) is 19.7. The third-order valence-corrected chi connectivity index (χ3v) is 6.21. The Hall–Kier alpha value is -2.08. The molecule has 0 atom stereocenters. The van der Waals surface area contributed by atoms with Crippen molar-refractivity contribution in [2.45, 2.75) is 33.1 Å². The number of benzene rings is 1. The summed E-state index contributed by atoms with van der Waals surface area (Å²) in [6.07, 6.45) is 1.47. The second kappa shape index (κ2) is 7.89. The molecule has 3 rings (SSSR count). The predicted molar refractivity (Wildman–Crippen MR) is 105 cm³/mol. The van der Waals surface area contributed by atoms with Gasteiger partial charge in [0.1, 0.15) is 6.54 Å². The van der Waals surface area contributed by atoms with E-state index >= 15 is 0 Å². The van der Waals surface area contributed by atoms with Crippen LogP contribution >= 0.6 is 11.6 Å². The summed E-state index contributed by atoms with van der Waals surface area (Å²) < 4.78 is 0. The maximum Gasteiger partial charge on any atom is 0.242 e. The second-order valence-electron chi connectivity index (χ2n) is 7.29. The molecule has 1 aromatic carbocycles. The van der Waals surface area contributed by atoms with E-state index in [-0.39, 0.29) is 30.7 Å². The van der Waals surface area contributed by atoms with E-state index in [1.807, 2.05) is 38.1 Å². The summed E-state index contributed by atoms with van der Waals surface area (Å²) in [7, 11) is 0. The number of halogens is 1. The number of likely N-dealkylation sites (tertiary alicyclic amines) is 1. The molecule has 2 aliphatic heterocycles. The van der Waals surface area contributed by atoms with Crippen LogP contribution in [-0.2, 0) is 14.4 Å². The van der Waals surface area contributed by atoms with E-state index < -0.39 is 5.41 Å². The number of carbonyl (C=O) groups is 3. The lowest BCUT2D eigenvalue weighted by atomic mass is 9.81. The monoisotopic (exact) mass is 391 g/mol. The number of piperazine rings is 1. The molecule has 146 valence electrons. The fourth-order valence-corrected chi connectivity index (χ4v) is 4.05. The molecular weight excluding hydrogens is 366 g/mol. The van der Waals surface area contributed by atoms with Gasteiger partial charge in [-0.05, 0) is 37.1 Å². The molecule has 0 radical (unpaired) electrons. The van der Waals surface area contributed by atoms with Crippen LogP contribution in [0.15, 0.2) is 24.3 Å². The minimum absolute atomic E-state index is 0.139. The Morgan fingerprint density at radius 2 is 1.63 bits per heavy atom. The molecule has 2 fully saturated rings. The summed E-state index contributed by atoms with van der Waals surface area (Å²) in [6, 6.07) is 7.65. The first-order chi connectivity index (χ1) is 12.9. The zero-order valence-electron chi connectivity index (χ0n) is 15.9. The van der Waals surface area contributed by atoms with Crippen molar-refractivity contribution in [1.82, 2.24) is 9.80 Å². The number of imide groups is 1. The van der Waals surface area contributed by atoms with E-state index in [4.69, 9.17) is 11.6 Å². The molecule has 0 spiro atoms. The van der Waals surface area contributed by atoms with E-state index in [1.54, 1.807) is 4.90 Å². The minimum atomic E-state index is -0.620. The number of hydrogen-bond donors (Lipinski definition) is 0. The smallest absolute Gasteiger partial charge is 0.242 e. The number of anilines is 1. The van der Waals surface area contributed by atoms with Gasteiger partial charge in [0, 0.05) is 43.3 Å². The molecule has 2 heterocycles. The minimum Gasteiger partial charge on any atom is -0.368 e. The molecule has 2 aliphatic rings. The van der Waals surface area contributed by atoms with Crippen LogP contribution in [0.4, 0.5) is 5.69 Å². The van der Waals surface area contributed by atoms with Gasteiger partial charge >= 0.3 is 0 Å². The van der Waals surface area contributed by atoms with Crippen molar-refractivity contribution in [3.8, 4) is 0 Å². The van der Waals surface area contributed by atoms with Crippen molar-refractivity contribution in [2.75, 3.05) is 37.6 Å². The van der Waals surface area contributed by atoms with Crippen LogP contribution < -0.4 is 4.90 Å². The normalized spacial score (nSPS) is 19.7. The van der Waals surface area contributed by atoms with Gasteiger partial charge in [-0.1, -0.05) is 25.4 Å². The van der Waals surface area contributed by atoms with Gasteiger partial charge in [-0.3, -0.25) is 19.3 Å². The molecule has 0 saturated carbocycles. The highest BCUT2D eigenvalue weighted by Gasteiger charge is 2.49. The zero-order chi connectivity index (χ0) is 19.6. The average molecular weight is 392 g/mol. The molecule has 27 heavy (non-hydrogen) atoms. The van der Waals surface area contributed by atoms with Gasteiger partial charge < -0.3 is 9.80 Å². The number of hydrogen-bond acceptors (Lipinski definition) is 4. The fourth-order valence-electron chi connectivity index (χ4n) is 3.92. The van der Waals surface area contributed by atoms with Gasteiger partial charge in [0.25, 0.3) is 0 Å². The third kappa shape index (κ3) is 3.81. The summed E-state index contributed by atoms with van der Waals surface area (Å²) >= 11 is 5.93. The summed E-state index contributed by atoms with van der Waals surface area (Å²) in [5.41, 5.74) is 0.456. The Kier molecular flexibility index (Phi) is 5.75. The second-order valence-corrected chi connectivity index (χ2v) is 7.73. The van der Waals surface area contributed by atoms with E-state index in [9.17, 15) is 14.4 Å². The van der Waals surface area contributed by atoms with E-state index in [0.29, 0.717) is 44.0 Å². The first-order valence-corrected chi connectivity index (χ1v) is 9.91. The zero-order valence-corrected chi connectivity index (χ0v) is 16.7. The molecule has 0 bridgehead atoms. The van der Waals surface area contributed by atoms with Gasteiger partial charge in [0.2, 0.25) is 17.7 Å². The van der Waals surface area contributed by atoms with Crippen molar-refractivity contribution in [3.63, 3.8) is 0 Å². The van der Waals surface area contributed by atoms with Gasteiger partial charge in [-0.2, -0.15) is 0 Å². The highest BCUT2D eigenvalue weighted by molar-refractivity contribution is 6.30. The molecule has 3 amide bonds. The molecule has 7 heteroatoms. The topological polar surface area (TPSA) is 60.9 Å². The largest absolute Gasteiger partial charge is 0.368 e. The number of carbonyl (C=O) groups excluding carboxylic acids is 3. The van der Waals surface area contributed by atoms with Crippen LogP contribution in [0.25, 0.3) is 0 Å². The predicted octanol–water partition coefficient (Wildman–Crippen LogP) is 2.55. The van der Waals surface area contributed by atoms with Gasteiger partial charge in [-0.15, -0.1) is 0 Å². The third-order valence-electron chi connectivity index (χ3n) is 5.96. The summed E-state index contributed by atoms with van der Waals surface area (Å²) in [4.78, 5) is 42.8. The summed E-state index contributed by atoms with van der Waals surface area (Å²) in [6.45, 7) is 6.29. The number of nitrogens with zero attached hydrogens (tertiary/aromatic N) is 3. The standard InChI is InChI=1S/C20H26ClN3O3/c1-3-20(4-2)13-17(25)24(19(20)27)14-18(26)23-11-9-22(10-12-23)16-7-5-15(21)6-8-16/h5-8H,3-4,9-14H2,1-2H3. The molecule has 0 unspecified atom stereocenters. The maximum atomic E-state index is 12.7. The Balaban J connectivity index is 1.58. The number of rotatable bonds is 5. The maximum absolute atomic E-state index is 12.7. The van der Waals surface area contributed by atoms with Crippen molar-refractivity contribution in [2.24, 2.45) is 5.41 Å². The molecule has 0 aliphatic carbocycles. The van der Waals surface area contributed by atoms with E-state index in [0.717, 1.165) is 5.69 Å².